The number of amides is 1. The highest BCUT2D eigenvalue weighted by Gasteiger charge is 2.20. The number of ether oxygens (including phenoxy) is 1. The monoisotopic (exact) mass is 300 g/mol. The molecule has 0 aliphatic heterocycles. The molecule has 0 unspecified atom stereocenters. The Morgan fingerprint density at radius 2 is 1.91 bits per heavy atom. The van der Waals surface area contributed by atoms with E-state index in [0.717, 1.165) is 0 Å². The third-order valence-electron chi connectivity index (χ3n) is 3.45. The molecular weight excluding hydrogens is 280 g/mol. The summed E-state index contributed by atoms with van der Waals surface area (Å²) in [5, 5.41) is 2.85. The molecule has 1 aromatic heterocycles. The Hall–Kier alpha value is -2.56. The maximum absolute atomic E-state index is 12.6. The number of hydrogen-bond donors (Lipinski definition) is 2. The molecule has 1 heterocycles. The molecule has 5 nitrogen and oxygen atoms in total. The summed E-state index contributed by atoms with van der Waals surface area (Å²) in [7, 11) is 0. The van der Waals surface area contributed by atoms with E-state index < -0.39 is 0 Å². The lowest BCUT2D eigenvalue weighted by molar-refractivity contribution is 0.101. The average Bonchev–Trinajstić information content (AvgIpc) is 2.76. The van der Waals surface area contributed by atoms with Crippen molar-refractivity contribution in [3.8, 4) is 5.75 Å². The van der Waals surface area contributed by atoms with Crippen molar-refractivity contribution in [2.45, 2.75) is 27.7 Å². The molecule has 0 atom stereocenters. The molecule has 0 saturated carbocycles. The molecule has 0 bridgehead atoms. The van der Waals surface area contributed by atoms with Gasteiger partial charge in [-0.15, -0.1) is 0 Å². The minimum absolute atomic E-state index is 0.0885. The number of ketones is 1. The summed E-state index contributed by atoms with van der Waals surface area (Å²) < 4.78 is 5.50. The van der Waals surface area contributed by atoms with E-state index in [9.17, 15) is 9.59 Å². The van der Waals surface area contributed by atoms with Gasteiger partial charge in [0, 0.05) is 12.6 Å². The minimum Gasteiger partial charge on any atom is -0.492 e. The second-order valence-corrected chi connectivity index (χ2v) is 5.06. The van der Waals surface area contributed by atoms with E-state index >= 15 is 0 Å². The molecule has 116 valence electrons. The zero-order chi connectivity index (χ0) is 16.3. The molecule has 2 N–H and O–H groups in total. The van der Waals surface area contributed by atoms with Gasteiger partial charge in [-0.2, -0.15) is 0 Å². The molecule has 0 spiro atoms. The van der Waals surface area contributed by atoms with E-state index in [2.05, 4.69) is 10.3 Å². The fourth-order valence-corrected chi connectivity index (χ4v) is 2.48. The number of carbonyl (C=O) groups excluding carboxylic acids is 2. The maximum Gasteiger partial charge on any atom is 0.257 e. The van der Waals surface area contributed by atoms with Gasteiger partial charge in [0.2, 0.25) is 0 Å². The summed E-state index contributed by atoms with van der Waals surface area (Å²) in [5.41, 5.74) is 2.92. The van der Waals surface area contributed by atoms with E-state index in [0.29, 0.717) is 40.6 Å². The molecule has 0 saturated heterocycles. The van der Waals surface area contributed by atoms with Crippen LogP contribution in [0.5, 0.6) is 5.75 Å². The van der Waals surface area contributed by atoms with Gasteiger partial charge >= 0.3 is 0 Å². The van der Waals surface area contributed by atoms with Gasteiger partial charge in [0.1, 0.15) is 5.75 Å². The summed E-state index contributed by atoms with van der Waals surface area (Å²) >= 11 is 0. The smallest absolute Gasteiger partial charge is 0.257 e. The first-order valence-corrected chi connectivity index (χ1v) is 7.19. The zero-order valence-corrected chi connectivity index (χ0v) is 13.2. The normalized spacial score (nSPS) is 10.4. The molecule has 0 aliphatic carbocycles. The third-order valence-corrected chi connectivity index (χ3v) is 3.45. The fourth-order valence-electron chi connectivity index (χ4n) is 2.48. The molecule has 5 heteroatoms. The van der Waals surface area contributed by atoms with Gasteiger partial charge in [-0.1, -0.05) is 12.1 Å². The summed E-state index contributed by atoms with van der Waals surface area (Å²) in [4.78, 5) is 27.1. The average molecular weight is 300 g/mol. The quantitative estimate of drug-likeness (QED) is 0.830. The van der Waals surface area contributed by atoms with E-state index in [-0.39, 0.29) is 11.7 Å². The van der Waals surface area contributed by atoms with Crippen molar-refractivity contribution >= 4 is 17.4 Å². The van der Waals surface area contributed by atoms with E-state index in [1.165, 1.54) is 6.92 Å². The molecule has 0 aliphatic rings. The highest BCUT2D eigenvalue weighted by atomic mass is 16.5. The van der Waals surface area contributed by atoms with Crippen molar-refractivity contribution in [1.82, 2.24) is 4.98 Å². The predicted molar refractivity (Wildman–Crippen MR) is 85.8 cm³/mol. The number of nitrogens with one attached hydrogen (secondary N) is 2. The number of hydrogen-bond acceptors (Lipinski definition) is 3. The van der Waals surface area contributed by atoms with Crippen LogP contribution in [0.25, 0.3) is 0 Å². The van der Waals surface area contributed by atoms with Gasteiger partial charge < -0.3 is 15.0 Å². The lowest BCUT2D eigenvalue weighted by atomic mass is 10.1. The predicted octanol–water partition coefficient (Wildman–Crippen LogP) is 3.49. The Kier molecular flexibility index (Phi) is 4.65. The largest absolute Gasteiger partial charge is 0.492 e. The van der Waals surface area contributed by atoms with Gasteiger partial charge in [-0.05, 0) is 38.5 Å². The van der Waals surface area contributed by atoms with Gasteiger partial charge in [0.15, 0.2) is 5.78 Å². The van der Waals surface area contributed by atoms with Crippen LogP contribution in [0.4, 0.5) is 5.69 Å². The zero-order valence-electron chi connectivity index (χ0n) is 13.2. The molecule has 1 amide bonds. The number of aromatic amines is 1. The van der Waals surface area contributed by atoms with Crippen molar-refractivity contribution in [3.05, 3.63) is 46.8 Å². The van der Waals surface area contributed by atoms with Crippen LogP contribution in [0.2, 0.25) is 0 Å². The maximum atomic E-state index is 12.6. The van der Waals surface area contributed by atoms with Crippen molar-refractivity contribution in [1.29, 1.82) is 0 Å². The third kappa shape index (κ3) is 3.03. The van der Waals surface area contributed by atoms with Gasteiger partial charge in [-0.25, -0.2) is 0 Å². The molecule has 0 fully saturated rings. The second kappa shape index (κ2) is 6.47. The summed E-state index contributed by atoms with van der Waals surface area (Å²) in [6.07, 6.45) is 0. The Morgan fingerprint density at radius 1 is 1.23 bits per heavy atom. The number of benzene rings is 1. The Morgan fingerprint density at radius 3 is 2.50 bits per heavy atom. The van der Waals surface area contributed by atoms with Crippen LogP contribution in [0.3, 0.4) is 0 Å². The van der Waals surface area contributed by atoms with Crippen LogP contribution < -0.4 is 10.1 Å². The van der Waals surface area contributed by atoms with Crippen molar-refractivity contribution in [3.63, 3.8) is 0 Å². The molecule has 22 heavy (non-hydrogen) atoms. The van der Waals surface area contributed by atoms with Crippen LogP contribution in [0.1, 0.15) is 46.0 Å². The lowest BCUT2D eigenvalue weighted by Gasteiger charge is -2.11. The number of aryl methyl sites for hydroxylation is 1. The van der Waals surface area contributed by atoms with E-state index in [1.807, 2.05) is 19.1 Å². The number of Topliss-reactive ketones (excluding diaryl/α,β-unsaturated/α-hetero) is 1. The van der Waals surface area contributed by atoms with E-state index in [4.69, 9.17) is 4.74 Å². The van der Waals surface area contributed by atoms with Crippen molar-refractivity contribution in [2.24, 2.45) is 0 Å². The Balaban J connectivity index is 2.33. The highest BCUT2D eigenvalue weighted by Crippen LogP contribution is 2.26. The number of para-hydroxylation sites is 2. The fraction of sp³-hybridized carbons (Fsp3) is 0.294. The van der Waals surface area contributed by atoms with Crippen LogP contribution in [-0.4, -0.2) is 23.3 Å². The first-order chi connectivity index (χ1) is 10.5. The molecule has 1 aromatic carbocycles. The minimum atomic E-state index is -0.258. The topological polar surface area (TPSA) is 71.2 Å². The van der Waals surface area contributed by atoms with E-state index in [1.54, 1.807) is 26.0 Å². The van der Waals surface area contributed by atoms with Crippen LogP contribution in [-0.2, 0) is 0 Å². The summed E-state index contributed by atoms with van der Waals surface area (Å²) in [6, 6.07) is 7.26. The molecule has 2 aromatic rings. The summed E-state index contributed by atoms with van der Waals surface area (Å²) in [5.74, 6) is 0.274. The van der Waals surface area contributed by atoms with Crippen molar-refractivity contribution in [2.75, 3.05) is 11.9 Å². The van der Waals surface area contributed by atoms with Crippen LogP contribution in [0, 0.1) is 13.8 Å². The summed E-state index contributed by atoms with van der Waals surface area (Å²) in [6.45, 7) is 7.43. The standard InChI is InChI=1S/C17H20N2O3/c1-5-22-14-9-7-6-8-13(14)19-17(21)15-10(2)16(12(4)20)18-11(15)3/h6-9,18H,5H2,1-4H3,(H,19,21). The number of H-pyrrole nitrogens is 1. The SMILES string of the molecule is CCOc1ccccc1NC(=O)c1c(C)[nH]c(C(C)=O)c1C. The van der Waals surface area contributed by atoms with Gasteiger partial charge in [-0.3, -0.25) is 9.59 Å². The Bertz CT molecular complexity index is 717. The highest BCUT2D eigenvalue weighted by molar-refractivity contribution is 6.09. The first-order valence-electron chi connectivity index (χ1n) is 7.19. The van der Waals surface area contributed by atoms with Gasteiger partial charge in [0.25, 0.3) is 5.91 Å². The first kappa shape index (κ1) is 15.8. The number of aromatic nitrogens is 1. The number of anilines is 1. The van der Waals surface area contributed by atoms with Gasteiger partial charge in [0.05, 0.1) is 23.6 Å². The second-order valence-electron chi connectivity index (χ2n) is 5.06. The molecule has 2 rings (SSSR count). The van der Waals surface area contributed by atoms with Crippen molar-refractivity contribution < 1.29 is 14.3 Å². The number of rotatable bonds is 5. The number of carbonyl (C=O) groups is 2. The van der Waals surface area contributed by atoms with Crippen LogP contribution >= 0.6 is 0 Å². The van der Waals surface area contributed by atoms with Crippen LogP contribution in [0.15, 0.2) is 24.3 Å². The Labute approximate surface area is 129 Å². The lowest BCUT2D eigenvalue weighted by Crippen LogP contribution is -2.14. The molecule has 0 radical (unpaired) electrons. The molecular formula is C17H20N2O3.